The number of fused-ring (bicyclic) bond motifs is 3. The predicted molar refractivity (Wildman–Crippen MR) is 116 cm³/mol. The minimum absolute atomic E-state index is 0.0219. The minimum atomic E-state index is -1.75. The van der Waals surface area contributed by atoms with Crippen LogP contribution in [0.5, 0.6) is 0 Å². The van der Waals surface area contributed by atoms with E-state index in [9.17, 15) is 15.0 Å². The largest absolute Gasteiger partial charge is 0.383 e. The maximum Gasteiger partial charge on any atom is 0.258 e. The summed E-state index contributed by atoms with van der Waals surface area (Å²) >= 11 is 6.40. The minimum Gasteiger partial charge on any atom is -0.383 e. The van der Waals surface area contributed by atoms with Gasteiger partial charge in [-0.05, 0) is 43.2 Å². The van der Waals surface area contributed by atoms with Gasteiger partial charge >= 0.3 is 0 Å². The van der Waals surface area contributed by atoms with Crippen LogP contribution in [0.4, 0.5) is 0 Å². The van der Waals surface area contributed by atoms with Crippen LogP contribution in [0.3, 0.4) is 0 Å². The predicted octanol–water partition coefficient (Wildman–Crippen LogP) is 3.82. The van der Waals surface area contributed by atoms with Gasteiger partial charge in [-0.25, -0.2) is 0 Å². The summed E-state index contributed by atoms with van der Waals surface area (Å²) in [5.74, 6) is 1.81. The molecule has 0 radical (unpaired) electrons. The second-order valence-corrected chi connectivity index (χ2v) is 9.32. The maximum absolute atomic E-state index is 13.0. The van der Waals surface area contributed by atoms with Gasteiger partial charge in [-0.2, -0.15) is 0 Å². The Kier molecular flexibility index (Phi) is 5.31. The first-order valence-electron chi connectivity index (χ1n) is 10.8. The highest BCUT2D eigenvalue weighted by Crippen LogP contribution is 2.52. The van der Waals surface area contributed by atoms with Gasteiger partial charge in [-0.1, -0.05) is 50.8 Å². The molecule has 0 saturated heterocycles. The van der Waals surface area contributed by atoms with E-state index in [0.717, 1.165) is 12.3 Å². The number of aryl methyl sites for hydroxylation is 1. The van der Waals surface area contributed by atoms with Gasteiger partial charge < -0.3 is 14.8 Å². The monoisotopic (exact) mass is 418 g/mol. The third-order valence-electron chi connectivity index (χ3n) is 7.21. The molecule has 5 nitrogen and oxygen atoms in total. The third kappa shape index (κ3) is 3.05. The summed E-state index contributed by atoms with van der Waals surface area (Å²) in [4.78, 5) is 13.0. The summed E-state index contributed by atoms with van der Waals surface area (Å²) in [5, 5.41) is 26.6. The lowest BCUT2D eigenvalue weighted by Crippen LogP contribution is -2.62. The van der Waals surface area contributed by atoms with Crippen LogP contribution in [0, 0.1) is 17.8 Å². The number of nitrogens with one attached hydrogen (secondary N) is 1. The molecule has 0 bridgehead atoms. The first-order valence-corrected chi connectivity index (χ1v) is 11.1. The van der Waals surface area contributed by atoms with E-state index in [-0.39, 0.29) is 17.2 Å². The lowest BCUT2D eigenvalue weighted by molar-refractivity contribution is -0.146. The zero-order valence-electron chi connectivity index (χ0n) is 17.6. The first-order chi connectivity index (χ1) is 13.8. The van der Waals surface area contributed by atoms with Gasteiger partial charge in [0, 0.05) is 24.0 Å². The molecule has 6 heteroatoms. The molecule has 158 valence electrons. The van der Waals surface area contributed by atoms with Crippen molar-refractivity contribution in [3.8, 4) is 0 Å². The SMILES string of the molecule is CCCC1CC1C(CC)C(C)NC1(O)c2c(c3c(Cl)cccc3n(C)c2=O)C1O. The standard InChI is InChI=1S/C23H31ClN2O3/c1-5-8-13-11-15(13)14(6-2)12(3)25-23(29)20-19(21(23)27)18-16(24)9-7-10-17(18)26(4)22(20)28/h7,9-10,12-15,21,25,27,29H,5-6,8,11H2,1-4H3. The summed E-state index contributed by atoms with van der Waals surface area (Å²) in [7, 11) is 1.67. The molecule has 6 unspecified atom stereocenters. The van der Waals surface area contributed by atoms with E-state index < -0.39 is 11.8 Å². The first kappa shape index (κ1) is 20.9. The molecule has 1 aromatic carbocycles. The van der Waals surface area contributed by atoms with Gasteiger partial charge in [-0.15, -0.1) is 0 Å². The fraction of sp³-hybridized carbons (Fsp3) is 0.609. The Hall–Kier alpha value is -1.40. The van der Waals surface area contributed by atoms with Crippen molar-refractivity contribution in [2.24, 2.45) is 24.8 Å². The molecule has 1 fully saturated rings. The molecule has 0 aliphatic heterocycles. The Labute approximate surface area is 176 Å². The normalized spacial score (nSPS) is 30.0. The van der Waals surface area contributed by atoms with Crippen LogP contribution >= 0.6 is 11.6 Å². The van der Waals surface area contributed by atoms with Crippen LogP contribution in [0.25, 0.3) is 10.9 Å². The highest BCUT2D eigenvalue weighted by atomic mass is 35.5. The number of pyridine rings is 1. The summed E-state index contributed by atoms with van der Waals surface area (Å²) in [5.41, 5.74) is -0.734. The van der Waals surface area contributed by atoms with Crippen molar-refractivity contribution in [1.82, 2.24) is 9.88 Å². The lowest BCUT2D eigenvalue weighted by atomic mass is 9.74. The summed E-state index contributed by atoms with van der Waals surface area (Å²) < 4.78 is 1.50. The van der Waals surface area contributed by atoms with Crippen LogP contribution in [-0.2, 0) is 12.8 Å². The van der Waals surface area contributed by atoms with E-state index in [2.05, 4.69) is 26.1 Å². The van der Waals surface area contributed by atoms with Crippen molar-refractivity contribution >= 4 is 22.5 Å². The van der Waals surface area contributed by atoms with Crippen LogP contribution in [0.1, 0.15) is 63.7 Å². The Balaban J connectivity index is 1.69. The Bertz CT molecular complexity index is 1000. The van der Waals surface area contributed by atoms with Crippen molar-refractivity contribution in [2.75, 3.05) is 0 Å². The third-order valence-corrected chi connectivity index (χ3v) is 7.52. The van der Waals surface area contributed by atoms with Crippen LogP contribution in [0.2, 0.25) is 5.02 Å². The second-order valence-electron chi connectivity index (χ2n) is 8.91. The summed E-state index contributed by atoms with van der Waals surface area (Å²) in [6.45, 7) is 6.44. The average Bonchev–Trinajstić information content (AvgIpc) is 3.43. The van der Waals surface area contributed by atoms with E-state index in [4.69, 9.17) is 11.6 Å². The van der Waals surface area contributed by atoms with Crippen molar-refractivity contribution in [2.45, 2.75) is 64.3 Å². The molecule has 2 aromatic rings. The van der Waals surface area contributed by atoms with Crippen molar-refractivity contribution in [3.63, 3.8) is 0 Å². The van der Waals surface area contributed by atoms with Crippen molar-refractivity contribution < 1.29 is 10.2 Å². The Morgan fingerprint density at radius 3 is 2.76 bits per heavy atom. The van der Waals surface area contributed by atoms with Gasteiger partial charge in [0.15, 0.2) is 5.72 Å². The van der Waals surface area contributed by atoms with E-state index in [0.29, 0.717) is 33.3 Å². The molecule has 29 heavy (non-hydrogen) atoms. The fourth-order valence-electron chi connectivity index (χ4n) is 5.62. The number of hydrogen-bond acceptors (Lipinski definition) is 4. The smallest absolute Gasteiger partial charge is 0.258 e. The highest BCUT2D eigenvalue weighted by Gasteiger charge is 2.56. The zero-order valence-corrected chi connectivity index (χ0v) is 18.3. The molecular formula is C23H31ClN2O3. The van der Waals surface area contributed by atoms with Crippen LogP contribution in [0.15, 0.2) is 23.0 Å². The average molecular weight is 419 g/mol. The van der Waals surface area contributed by atoms with E-state index in [1.165, 1.54) is 23.8 Å². The molecule has 6 atom stereocenters. The van der Waals surface area contributed by atoms with Gasteiger partial charge in [0.2, 0.25) is 0 Å². The van der Waals surface area contributed by atoms with Gasteiger partial charge in [0.1, 0.15) is 6.10 Å². The van der Waals surface area contributed by atoms with Crippen molar-refractivity contribution in [1.29, 1.82) is 0 Å². The van der Waals surface area contributed by atoms with E-state index in [1.54, 1.807) is 25.2 Å². The van der Waals surface area contributed by atoms with Gasteiger partial charge in [0.25, 0.3) is 5.56 Å². The highest BCUT2D eigenvalue weighted by molar-refractivity contribution is 6.35. The molecule has 0 amide bonds. The topological polar surface area (TPSA) is 74.5 Å². The molecule has 1 aromatic heterocycles. The van der Waals surface area contributed by atoms with Gasteiger partial charge in [-0.3, -0.25) is 10.1 Å². The molecule has 2 aliphatic carbocycles. The lowest BCUT2D eigenvalue weighted by Gasteiger charge is -2.47. The maximum atomic E-state index is 13.0. The number of nitrogens with zero attached hydrogens (tertiary/aromatic N) is 1. The Morgan fingerprint density at radius 2 is 2.10 bits per heavy atom. The van der Waals surface area contributed by atoms with E-state index in [1.807, 2.05) is 0 Å². The van der Waals surface area contributed by atoms with E-state index >= 15 is 0 Å². The molecule has 2 aliphatic rings. The molecular weight excluding hydrogens is 388 g/mol. The van der Waals surface area contributed by atoms with Crippen LogP contribution < -0.4 is 10.9 Å². The number of aliphatic hydroxyl groups excluding tert-OH is 1. The number of aliphatic hydroxyl groups is 2. The number of aromatic nitrogens is 1. The summed E-state index contributed by atoms with van der Waals surface area (Å²) in [6, 6.07) is 5.30. The fourth-order valence-corrected chi connectivity index (χ4v) is 5.89. The number of rotatable bonds is 7. The van der Waals surface area contributed by atoms with Crippen molar-refractivity contribution in [3.05, 3.63) is 44.7 Å². The zero-order chi connectivity index (χ0) is 21.1. The van der Waals surface area contributed by atoms with Gasteiger partial charge in [0.05, 0.1) is 16.1 Å². The Morgan fingerprint density at radius 1 is 1.38 bits per heavy atom. The number of halogens is 1. The molecule has 4 rings (SSSR count). The number of hydrogen-bond donors (Lipinski definition) is 3. The molecule has 1 heterocycles. The quantitative estimate of drug-likeness (QED) is 0.597. The number of benzene rings is 1. The molecule has 0 spiro atoms. The second kappa shape index (κ2) is 7.38. The molecule has 3 N–H and O–H groups in total. The summed E-state index contributed by atoms with van der Waals surface area (Å²) in [6.07, 6.45) is 3.48. The molecule has 1 saturated carbocycles. The van der Waals surface area contributed by atoms with Crippen LogP contribution in [-0.4, -0.2) is 20.8 Å².